The number of nitrogens with one attached hydrogen (secondary N) is 1. The normalized spacial score (nSPS) is 10.7. The minimum atomic E-state index is 0.582. The number of hydrogen-bond acceptors (Lipinski definition) is 6. The van der Waals surface area contributed by atoms with Crippen molar-refractivity contribution in [1.29, 1.82) is 0 Å². The van der Waals surface area contributed by atoms with Crippen molar-refractivity contribution in [3.05, 3.63) is 40.9 Å². The number of thiazole rings is 2. The molecule has 0 saturated carbocycles. The zero-order valence-electron chi connectivity index (χ0n) is 11.2. The largest absolute Gasteiger partial charge is 0.375 e. The van der Waals surface area contributed by atoms with Crippen LogP contribution in [0.25, 0.3) is 10.6 Å². The Balaban J connectivity index is 1.85. The summed E-state index contributed by atoms with van der Waals surface area (Å²) in [5.41, 5.74) is 9.86. The van der Waals surface area contributed by atoms with E-state index < -0.39 is 0 Å². The molecule has 6 heteroatoms. The maximum Gasteiger partial charge on any atom is 0.187 e. The third-order valence-electron chi connectivity index (χ3n) is 2.82. The Labute approximate surface area is 125 Å². The summed E-state index contributed by atoms with van der Waals surface area (Å²) in [4.78, 5) is 9.87. The maximum atomic E-state index is 5.73. The van der Waals surface area contributed by atoms with Crippen LogP contribution in [0.2, 0.25) is 0 Å². The van der Waals surface area contributed by atoms with Crippen LogP contribution in [-0.2, 0) is 0 Å². The van der Waals surface area contributed by atoms with E-state index >= 15 is 0 Å². The maximum absolute atomic E-state index is 5.73. The van der Waals surface area contributed by atoms with Crippen LogP contribution in [0.5, 0.6) is 0 Å². The number of hydrogen-bond donors (Lipinski definition) is 2. The number of nitrogens with two attached hydrogens (primary N) is 1. The molecule has 2 heterocycles. The highest BCUT2D eigenvalue weighted by Gasteiger charge is 2.11. The van der Waals surface area contributed by atoms with Gasteiger partial charge in [0.2, 0.25) is 0 Å². The van der Waals surface area contributed by atoms with Gasteiger partial charge >= 0.3 is 0 Å². The molecular formula is C14H14N4S2. The van der Waals surface area contributed by atoms with Crippen LogP contribution < -0.4 is 11.1 Å². The molecule has 0 amide bonds. The Morgan fingerprint density at radius 3 is 2.75 bits per heavy atom. The monoisotopic (exact) mass is 302 g/mol. The molecule has 0 bridgehead atoms. The lowest BCUT2D eigenvalue weighted by Crippen LogP contribution is -1.89. The molecule has 0 unspecified atom stereocenters. The second-order valence-corrected chi connectivity index (χ2v) is 6.39. The first kappa shape index (κ1) is 13.1. The van der Waals surface area contributed by atoms with Gasteiger partial charge in [0.15, 0.2) is 10.3 Å². The molecule has 0 aliphatic carbocycles. The number of anilines is 3. The number of rotatable bonds is 3. The fraction of sp³-hybridized carbons (Fsp3) is 0.143. The quantitative estimate of drug-likeness (QED) is 0.760. The summed E-state index contributed by atoms with van der Waals surface area (Å²) in [5.74, 6) is 0. The Morgan fingerprint density at radius 2 is 2.05 bits per heavy atom. The van der Waals surface area contributed by atoms with Gasteiger partial charge in [-0.2, -0.15) is 0 Å². The van der Waals surface area contributed by atoms with E-state index in [2.05, 4.69) is 34.3 Å². The van der Waals surface area contributed by atoms with E-state index in [-0.39, 0.29) is 0 Å². The summed E-state index contributed by atoms with van der Waals surface area (Å²) >= 11 is 3.05. The van der Waals surface area contributed by atoms with E-state index in [1.807, 2.05) is 24.4 Å². The van der Waals surface area contributed by atoms with Crippen molar-refractivity contribution in [3.8, 4) is 10.6 Å². The fourth-order valence-corrected chi connectivity index (χ4v) is 3.53. The first-order valence-corrected chi connectivity index (χ1v) is 7.84. The highest BCUT2D eigenvalue weighted by molar-refractivity contribution is 7.19. The molecule has 0 fully saturated rings. The summed E-state index contributed by atoms with van der Waals surface area (Å²) < 4.78 is 0. The van der Waals surface area contributed by atoms with E-state index in [1.54, 1.807) is 11.3 Å². The van der Waals surface area contributed by atoms with Gasteiger partial charge in [-0.3, -0.25) is 0 Å². The van der Waals surface area contributed by atoms with Gasteiger partial charge in [-0.05, 0) is 31.5 Å². The Morgan fingerprint density at radius 1 is 1.20 bits per heavy atom. The first-order valence-electron chi connectivity index (χ1n) is 6.14. The van der Waals surface area contributed by atoms with E-state index in [9.17, 15) is 0 Å². The fourth-order valence-electron chi connectivity index (χ4n) is 1.94. The molecule has 3 N–H and O–H groups in total. The van der Waals surface area contributed by atoms with Gasteiger partial charge in [-0.1, -0.05) is 23.5 Å². The van der Waals surface area contributed by atoms with Gasteiger partial charge in [0.1, 0.15) is 0 Å². The Bertz CT molecular complexity index is 745. The minimum absolute atomic E-state index is 0.582. The number of aromatic nitrogens is 2. The number of aryl methyl sites for hydroxylation is 2. The van der Waals surface area contributed by atoms with Gasteiger partial charge in [0, 0.05) is 11.1 Å². The van der Waals surface area contributed by atoms with Crippen molar-refractivity contribution < 1.29 is 0 Å². The molecule has 0 spiro atoms. The van der Waals surface area contributed by atoms with Gasteiger partial charge in [-0.15, -0.1) is 11.3 Å². The molecule has 0 saturated heterocycles. The Kier molecular flexibility index (Phi) is 3.42. The van der Waals surface area contributed by atoms with Crippen LogP contribution in [0.4, 0.5) is 16.0 Å². The topological polar surface area (TPSA) is 63.8 Å². The summed E-state index contributed by atoms with van der Waals surface area (Å²) in [5, 5.41) is 6.80. The summed E-state index contributed by atoms with van der Waals surface area (Å²) in [7, 11) is 0. The molecule has 2 aromatic heterocycles. The number of nitrogen functional groups attached to an aromatic ring is 1. The smallest absolute Gasteiger partial charge is 0.187 e. The lowest BCUT2D eigenvalue weighted by Gasteiger charge is -2.02. The lowest BCUT2D eigenvalue weighted by molar-refractivity contribution is 1.26. The van der Waals surface area contributed by atoms with Gasteiger partial charge < -0.3 is 11.1 Å². The van der Waals surface area contributed by atoms with Gasteiger partial charge in [0.05, 0.1) is 16.3 Å². The molecule has 4 nitrogen and oxygen atoms in total. The highest BCUT2D eigenvalue weighted by Crippen LogP contribution is 2.34. The van der Waals surface area contributed by atoms with Crippen LogP contribution in [0.15, 0.2) is 29.6 Å². The second kappa shape index (κ2) is 5.22. The molecule has 3 aromatic rings. The number of nitrogens with zero attached hydrogens (tertiary/aromatic N) is 2. The van der Waals surface area contributed by atoms with Crippen molar-refractivity contribution in [2.45, 2.75) is 13.8 Å². The third-order valence-corrected chi connectivity index (χ3v) is 4.59. The molecule has 0 aliphatic heterocycles. The predicted molar refractivity (Wildman–Crippen MR) is 86.8 cm³/mol. The van der Waals surface area contributed by atoms with Crippen LogP contribution >= 0.6 is 22.7 Å². The lowest BCUT2D eigenvalue weighted by atomic mass is 10.2. The molecule has 0 atom stereocenters. The summed E-state index contributed by atoms with van der Waals surface area (Å²) in [6.07, 6.45) is 0. The van der Waals surface area contributed by atoms with Gasteiger partial charge in [-0.25, -0.2) is 9.97 Å². The zero-order chi connectivity index (χ0) is 14.1. The molecule has 1 aromatic carbocycles. The standard InChI is InChI=1S/C14H14N4S2/c1-8-4-3-5-10(6-8)17-14-18-11(7-19-14)12-9(2)16-13(15)20-12/h3-7H,1-2H3,(H2,15,16)(H,17,18). The molecule has 0 radical (unpaired) electrons. The second-order valence-electron chi connectivity index (χ2n) is 4.50. The van der Waals surface area contributed by atoms with Crippen LogP contribution in [-0.4, -0.2) is 9.97 Å². The zero-order valence-corrected chi connectivity index (χ0v) is 12.8. The molecule has 0 aliphatic rings. The van der Waals surface area contributed by atoms with Crippen LogP contribution in [0.3, 0.4) is 0 Å². The van der Waals surface area contributed by atoms with Crippen molar-refractivity contribution in [1.82, 2.24) is 9.97 Å². The third kappa shape index (κ3) is 2.66. The average molecular weight is 302 g/mol. The van der Waals surface area contributed by atoms with Crippen molar-refractivity contribution in [3.63, 3.8) is 0 Å². The van der Waals surface area contributed by atoms with Crippen molar-refractivity contribution >= 4 is 38.6 Å². The van der Waals surface area contributed by atoms with E-state index in [0.29, 0.717) is 5.13 Å². The van der Waals surface area contributed by atoms with E-state index in [1.165, 1.54) is 16.9 Å². The van der Waals surface area contributed by atoms with Crippen molar-refractivity contribution in [2.75, 3.05) is 11.1 Å². The first-order chi connectivity index (χ1) is 9.61. The summed E-state index contributed by atoms with van der Waals surface area (Å²) in [6, 6.07) is 8.23. The summed E-state index contributed by atoms with van der Waals surface area (Å²) in [6.45, 7) is 4.02. The Hall–Kier alpha value is -1.92. The molecule has 3 rings (SSSR count). The predicted octanol–water partition coefficient (Wildman–Crippen LogP) is 4.21. The molecule has 102 valence electrons. The number of benzene rings is 1. The average Bonchev–Trinajstić information content (AvgIpc) is 2.96. The van der Waals surface area contributed by atoms with Crippen molar-refractivity contribution in [2.24, 2.45) is 0 Å². The minimum Gasteiger partial charge on any atom is -0.375 e. The van der Waals surface area contributed by atoms with E-state index in [0.717, 1.165) is 27.1 Å². The van der Waals surface area contributed by atoms with Gasteiger partial charge in [0.25, 0.3) is 0 Å². The van der Waals surface area contributed by atoms with Crippen LogP contribution in [0, 0.1) is 13.8 Å². The van der Waals surface area contributed by atoms with Crippen LogP contribution in [0.1, 0.15) is 11.3 Å². The molecule has 20 heavy (non-hydrogen) atoms. The van der Waals surface area contributed by atoms with E-state index in [4.69, 9.17) is 5.73 Å². The SMILES string of the molecule is Cc1cccc(Nc2nc(-c3sc(N)nc3C)cs2)c1. The highest BCUT2D eigenvalue weighted by atomic mass is 32.1. The molecular weight excluding hydrogens is 288 g/mol.